The number of hydrogen-bond acceptors (Lipinski definition) is 5. The summed E-state index contributed by atoms with van der Waals surface area (Å²) in [6, 6.07) is 23.6. The Hall–Kier alpha value is -3.09. The molecule has 0 saturated heterocycles. The van der Waals surface area contributed by atoms with Gasteiger partial charge in [-0.05, 0) is 35.9 Å². The Kier molecular flexibility index (Phi) is 4.35. The first-order valence-corrected chi connectivity index (χ1v) is 10.5. The Morgan fingerprint density at radius 1 is 0.893 bits per heavy atom. The molecule has 0 unspecified atom stereocenters. The second kappa shape index (κ2) is 7.14. The van der Waals surface area contributed by atoms with Gasteiger partial charge in [0.2, 0.25) is 0 Å². The molecule has 0 atom stereocenters. The van der Waals surface area contributed by atoms with Crippen LogP contribution in [0.3, 0.4) is 0 Å². The lowest BCUT2D eigenvalue weighted by Gasteiger charge is -2.20. The molecule has 2 aromatic heterocycles. The van der Waals surface area contributed by atoms with Crippen LogP contribution in [0.5, 0.6) is 0 Å². The number of nitrogens with zero attached hydrogens (tertiary/aromatic N) is 3. The Morgan fingerprint density at radius 3 is 2.57 bits per heavy atom. The molecule has 0 saturated carbocycles. The van der Waals surface area contributed by atoms with E-state index in [4.69, 9.17) is 4.98 Å². The maximum atomic E-state index is 13.5. The zero-order valence-electron chi connectivity index (χ0n) is 14.8. The third-order valence-corrected chi connectivity index (χ3v) is 6.37. The average Bonchev–Trinajstić information content (AvgIpc) is 3.38. The predicted molar refractivity (Wildman–Crippen MR) is 116 cm³/mol. The maximum absolute atomic E-state index is 13.5. The molecular formula is C22H15N3OS2. The first-order valence-electron chi connectivity index (χ1n) is 8.82. The number of fused-ring (bicyclic) bond motifs is 2. The number of aromatic nitrogens is 2. The van der Waals surface area contributed by atoms with Crippen molar-refractivity contribution in [2.75, 3.05) is 4.90 Å². The van der Waals surface area contributed by atoms with Gasteiger partial charge in [-0.2, -0.15) is 0 Å². The van der Waals surface area contributed by atoms with Gasteiger partial charge in [0.05, 0.1) is 32.5 Å². The molecule has 0 fully saturated rings. The van der Waals surface area contributed by atoms with Crippen molar-refractivity contribution in [1.29, 1.82) is 0 Å². The van der Waals surface area contributed by atoms with E-state index < -0.39 is 0 Å². The molecule has 5 rings (SSSR count). The van der Waals surface area contributed by atoms with Gasteiger partial charge in [0, 0.05) is 5.56 Å². The van der Waals surface area contributed by atoms with Crippen LogP contribution in [0.4, 0.5) is 5.13 Å². The zero-order valence-corrected chi connectivity index (χ0v) is 16.4. The topological polar surface area (TPSA) is 46.1 Å². The summed E-state index contributed by atoms with van der Waals surface area (Å²) in [5.41, 5.74) is 5.33. The minimum atomic E-state index is -0.0572. The normalized spacial score (nSPS) is 11.1. The second-order valence-electron chi connectivity index (χ2n) is 6.38. The summed E-state index contributed by atoms with van der Waals surface area (Å²) in [5.74, 6) is -0.0572. The lowest BCUT2D eigenvalue weighted by atomic mass is 10.1. The number of carbonyl (C=O) groups excluding carboxylic acids is 1. The van der Waals surface area contributed by atoms with Gasteiger partial charge in [-0.3, -0.25) is 9.69 Å². The van der Waals surface area contributed by atoms with E-state index in [1.807, 2.05) is 72.8 Å². The van der Waals surface area contributed by atoms with Crippen molar-refractivity contribution in [1.82, 2.24) is 9.97 Å². The number of carbonyl (C=O) groups is 1. The fourth-order valence-corrected chi connectivity index (χ4v) is 4.79. The molecular weight excluding hydrogens is 386 g/mol. The van der Waals surface area contributed by atoms with Gasteiger partial charge in [0.25, 0.3) is 5.91 Å². The molecule has 0 radical (unpaired) electrons. The van der Waals surface area contributed by atoms with Crippen LogP contribution in [-0.4, -0.2) is 15.9 Å². The summed E-state index contributed by atoms with van der Waals surface area (Å²) < 4.78 is 2.08. The molecule has 3 aromatic carbocycles. The molecule has 0 aliphatic carbocycles. The quantitative estimate of drug-likeness (QED) is 0.385. The van der Waals surface area contributed by atoms with Crippen LogP contribution in [0.2, 0.25) is 0 Å². The van der Waals surface area contributed by atoms with E-state index in [9.17, 15) is 4.79 Å². The first kappa shape index (κ1) is 17.0. The van der Waals surface area contributed by atoms with Gasteiger partial charge >= 0.3 is 0 Å². The van der Waals surface area contributed by atoms with Gasteiger partial charge in [-0.1, -0.05) is 53.8 Å². The largest absolute Gasteiger partial charge is 0.279 e. The number of para-hydroxylation sites is 1. The van der Waals surface area contributed by atoms with Crippen molar-refractivity contribution >= 4 is 54.1 Å². The fraction of sp³-hybridized carbons (Fsp3) is 0.0455. The van der Waals surface area contributed by atoms with Crippen molar-refractivity contribution in [3.63, 3.8) is 0 Å². The standard InChI is InChI=1S/C22H15N3OS2/c26-21(16-10-11-17-20(12-16)27-14-23-17)25(13-15-6-2-1-3-7-15)22-24-18-8-4-5-9-19(18)28-22/h1-12,14H,13H2. The van der Waals surface area contributed by atoms with E-state index in [2.05, 4.69) is 4.98 Å². The van der Waals surface area contributed by atoms with Crippen LogP contribution in [-0.2, 0) is 6.54 Å². The monoisotopic (exact) mass is 401 g/mol. The third-order valence-electron chi connectivity index (χ3n) is 4.52. The molecule has 6 heteroatoms. The Labute approximate surface area is 169 Å². The highest BCUT2D eigenvalue weighted by atomic mass is 32.1. The van der Waals surface area contributed by atoms with Crippen molar-refractivity contribution in [3.8, 4) is 0 Å². The average molecular weight is 402 g/mol. The van der Waals surface area contributed by atoms with Gasteiger partial charge in [-0.15, -0.1) is 11.3 Å². The van der Waals surface area contributed by atoms with Crippen LogP contribution < -0.4 is 4.90 Å². The smallest absolute Gasteiger partial charge is 0.260 e. The Balaban J connectivity index is 1.58. The highest BCUT2D eigenvalue weighted by Gasteiger charge is 2.22. The number of hydrogen-bond donors (Lipinski definition) is 0. The maximum Gasteiger partial charge on any atom is 0.260 e. The van der Waals surface area contributed by atoms with Gasteiger partial charge in [0.15, 0.2) is 5.13 Å². The van der Waals surface area contributed by atoms with Crippen LogP contribution in [0.15, 0.2) is 78.3 Å². The van der Waals surface area contributed by atoms with Crippen molar-refractivity contribution < 1.29 is 4.79 Å². The van der Waals surface area contributed by atoms with Crippen LogP contribution >= 0.6 is 22.7 Å². The fourth-order valence-electron chi connectivity index (χ4n) is 3.11. The molecule has 136 valence electrons. The Morgan fingerprint density at radius 2 is 1.71 bits per heavy atom. The molecule has 0 aliphatic heterocycles. The Bertz CT molecular complexity index is 1240. The number of anilines is 1. The molecule has 28 heavy (non-hydrogen) atoms. The molecule has 5 aromatic rings. The highest BCUT2D eigenvalue weighted by molar-refractivity contribution is 7.22. The molecule has 0 N–H and O–H groups in total. The molecule has 4 nitrogen and oxygen atoms in total. The van der Waals surface area contributed by atoms with Crippen LogP contribution in [0.25, 0.3) is 20.4 Å². The zero-order chi connectivity index (χ0) is 18.9. The van der Waals surface area contributed by atoms with Crippen molar-refractivity contribution in [2.24, 2.45) is 0 Å². The summed E-state index contributed by atoms with van der Waals surface area (Å²) in [5, 5.41) is 0.708. The second-order valence-corrected chi connectivity index (χ2v) is 8.27. The number of thiazole rings is 2. The molecule has 0 spiro atoms. The SMILES string of the molecule is O=C(c1ccc2ncsc2c1)N(Cc1ccccc1)c1nc2ccccc2s1. The van der Waals surface area contributed by atoms with E-state index in [1.54, 1.807) is 10.4 Å². The summed E-state index contributed by atoms with van der Waals surface area (Å²) in [6.45, 7) is 0.472. The minimum Gasteiger partial charge on any atom is -0.279 e. The molecule has 1 amide bonds. The molecule has 0 aliphatic rings. The molecule has 2 heterocycles. The van der Waals surface area contributed by atoms with Crippen LogP contribution in [0, 0.1) is 0 Å². The third kappa shape index (κ3) is 3.17. The van der Waals surface area contributed by atoms with Crippen molar-refractivity contribution in [2.45, 2.75) is 6.54 Å². The van der Waals surface area contributed by atoms with Gasteiger partial charge in [-0.25, -0.2) is 9.97 Å². The number of benzene rings is 3. The van der Waals surface area contributed by atoms with E-state index >= 15 is 0 Å². The number of rotatable bonds is 4. The van der Waals surface area contributed by atoms with E-state index in [0.717, 1.165) is 26.0 Å². The summed E-state index contributed by atoms with van der Waals surface area (Å²) >= 11 is 3.08. The van der Waals surface area contributed by atoms with E-state index in [-0.39, 0.29) is 5.91 Å². The van der Waals surface area contributed by atoms with E-state index in [0.29, 0.717) is 17.2 Å². The first-order chi connectivity index (χ1) is 13.8. The van der Waals surface area contributed by atoms with Gasteiger partial charge < -0.3 is 0 Å². The minimum absolute atomic E-state index is 0.0572. The number of amides is 1. The predicted octanol–water partition coefficient (Wildman–Crippen LogP) is 5.75. The lowest BCUT2D eigenvalue weighted by Crippen LogP contribution is -2.30. The summed E-state index contributed by atoms with van der Waals surface area (Å²) in [6.07, 6.45) is 0. The summed E-state index contributed by atoms with van der Waals surface area (Å²) in [7, 11) is 0. The molecule has 0 bridgehead atoms. The van der Waals surface area contributed by atoms with Crippen LogP contribution in [0.1, 0.15) is 15.9 Å². The lowest BCUT2D eigenvalue weighted by molar-refractivity contribution is 0.0985. The highest BCUT2D eigenvalue weighted by Crippen LogP contribution is 2.31. The summed E-state index contributed by atoms with van der Waals surface area (Å²) in [4.78, 5) is 24.3. The van der Waals surface area contributed by atoms with E-state index in [1.165, 1.54) is 22.7 Å². The van der Waals surface area contributed by atoms with Gasteiger partial charge in [0.1, 0.15) is 0 Å². The van der Waals surface area contributed by atoms with Crippen molar-refractivity contribution in [3.05, 3.63) is 89.4 Å².